The van der Waals surface area contributed by atoms with Gasteiger partial charge < -0.3 is 0 Å². The second kappa shape index (κ2) is 11.2. The van der Waals surface area contributed by atoms with E-state index in [1.54, 1.807) is 12.7 Å². The van der Waals surface area contributed by atoms with Crippen molar-refractivity contribution in [1.82, 2.24) is 39.9 Å². The van der Waals surface area contributed by atoms with Gasteiger partial charge in [0.15, 0.2) is 11.6 Å². The summed E-state index contributed by atoms with van der Waals surface area (Å²) in [4.78, 5) is 45.2. The Balaban J connectivity index is 1.56. The summed E-state index contributed by atoms with van der Waals surface area (Å²) < 4.78 is 0. The molecule has 8 rings (SSSR count). The van der Waals surface area contributed by atoms with Gasteiger partial charge in [-0.3, -0.25) is 19.6 Å². The molecule has 0 fully saturated rings. The number of nitrogens with zero attached hydrogens (tertiary/aromatic N) is 12. The van der Waals surface area contributed by atoms with Gasteiger partial charge in [0.05, 0.1) is 95.1 Å². The lowest BCUT2D eigenvalue weighted by Crippen LogP contribution is -2.33. The molecule has 0 unspecified atom stereocenters. The van der Waals surface area contributed by atoms with Gasteiger partial charge in [-0.2, -0.15) is 0 Å². The van der Waals surface area contributed by atoms with Crippen LogP contribution in [0.25, 0.3) is 0 Å². The molecule has 2 aliphatic rings. The van der Waals surface area contributed by atoms with Gasteiger partial charge in [0.1, 0.15) is 24.3 Å². The highest BCUT2D eigenvalue weighted by Gasteiger charge is 2.45. The molecule has 0 bridgehead atoms. The number of aryl methyl sites for hydroxylation is 6. The quantitative estimate of drug-likeness (QED) is 0.197. The standard InChI is InChI=1S/C36H32N12/c1-21-7-31-33(9-23(21)3)47(29-15-41-25(5)42-16-29)35(45(31)27-11-37-19-38-12-27)36-46(28-13-39-20-40-14-28)32-8-22(2)24(4)10-34(32)48(36)30-17-43-26(6)44-18-30/h7-20H,1-6H3/b36-35-. The van der Waals surface area contributed by atoms with Crippen LogP contribution >= 0.6 is 0 Å². The van der Waals surface area contributed by atoms with Gasteiger partial charge in [-0.25, -0.2) is 39.9 Å². The molecule has 236 valence electrons. The first-order valence-electron chi connectivity index (χ1n) is 15.5. The van der Waals surface area contributed by atoms with Crippen molar-refractivity contribution in [3.05, 3.63) is 132 Å². The molecule has 0 radical (unpaired) electrons. The fraction of sp³-hybridized carbons (Fsp3) is 0.167. The van der Waals surface area contributed by atoms with E-state index >= 15 is 0 Å². The van der Waals surface area contributed by atoms with Crippen LogP contribution in [-0.2, 0) is 0 Å². The van der Waals surface area contributed by atoms with E-state index in [0.717, 1.165) is 79.4 Å². The van der Waals surface area contributed by atoms with Crippen LogP contribution in [0.5, 0.6) is 0 Å². The van der Waals surface area contributed by atoms with Crippen LogP contribution in [0.2, 0.25) is 0 Å². The van der Waals surface area contributed by atoms with Crippen LogP contribution in [0.1, 0.15) is 33.9 Å². The molecule has 0 saturated carbocycles. The van der Waals surface area contributed by atoms with Crippen LogP contribution in [0.4, 0.5) is 45.5 Å². The summed E-state index contributed by atoms with van der Waals surface area (Å²) in [6.45, 7) is 12.3. The molecule has 4 aromatic heterocycles. The summed E-state index contributed by atoms with van der Waals surface area (Å²) in [5.41, 5.74) is 11.6. The Labute approximate surface area is 278 Å². The van der Waals surface area contributed by atoms with E-state index in [9.17, 15) is 0 Å². The van der Waals surface area contributed by atoms with E-state index in [1.165, 1.54) is 0 Å². The van der Waals surface area contributed by atoms with E-state index in [0.29, 0.717) is 11.6 Å². The average Bonchev–Trinajstić information content (AvgIpc) is 3.58. The summed E-state index contributed by atoms with van der Waals surface area (Å²) >= 11 is 0. The molecule has 2 aromatic carbocycles. The molecule has 0 atom stereocenters. The molecule has 0 spiro atoms. The lowest BCUT2D eigenvalue weighted by Gasteiger charge is -2.33. The number of fused-ring (bicyclic) bond motifs is 2. The second-order valence-electron chi connectivity index (χ2n) is 12.0. The van der Waals surface area contributed by atoms with E-state index in [4.69, 9.17) is 0 Å². The largest absolute Gasteiger partial charge is 0.288 e. The summed E-state index contributed by atoms with van der Waals surface area (Å²) in [6.07, 6.45) is 17.8. The number of aromatic nitrogens is 8. The predicted molar refractivity (Wildman–Crippen MR) is 185 cm³/mol. The summed E-state index contributed by atoms with van der Waals surface area (Å²) in [5.74, 6) is 2.96. The minimum absolute atomic E-state index is 0.682. The van der Waals surface area contributed by atoms with E-state index in [2.05, 4.69) is 111 Å². The molecule has 12 heteroatoms. The Hall–Kier alpha value is -6.30. The molecular formula is C36H32N12. The fourth-order valence-electron chi connectivity index (χ4n) is 6.21. The summed E-state index contributed by atoms with van der Waals surface area (Å²) in [5, 5.41) is 0. The van der Waals surface area contributed by atoms with Crippen molar-refractivity contribution in [2.75, 3.05) is 19.6 Å². The van der Waals surface area contributed by atoms with Gasteiger partial charge in [-0.1, -0.05) is 0 Å². The Bertz CT molecular complexity index is 2040. The van der Waals surface area contributed by atoms with Crippen LogP contribution in [-0.4, -0.2) is 39.9 Å². The van der Waals surface area contributed by atoms with Gasteiger partial charge in [-0.15, -0.1) is 0 Å². The van der Waals surface area contributed by atoms with Gasteiger partial charge in [0.2, 0.25) is 0 Å². The molecule has 2 aliphatic heterocycles. The highest BCUT2D eigenvalue weighted by atomic mass is 15.5. The van der Waals surface area contributed by atoms with Crippen LogP contribution in [0, 0.1) is 41.5 Å². The van der Waals surface area contributed by atoms with Gasteiger partial charge in [-0.05, 0) is 88.1 Å². The third kappa shape index (κ3) is 4.60. The average molecular weight is 633 g/mol. The van der Waals surface area contributed by atoms with E-state index in [-0.39, 0.29) is 0 Å². The zero-order valence-electron chi connectivity index (χ0n) is 27.4. The molecule has 0 N–H and O–H groups in total. The first kappa shape index (κ1) is 29.1. The predicted octanol–water partition coefficient (Wildman–Crippen LogP) is 7.10. The maximum Gasteiger partial charge on any atom is 0.166 e. The number of anilines is 8. The first-order valence-corrected chi connectivity index (χ1v) is 15.5. The summed E-state index contributed by atoms with van der Waals surface area (Å²) in [6, 6.07) is 8.83. The smallest absolute Gasteiger partial charge is 0.166 e. The highest BCUT2D eigenvalue weighted by molar-refractivity contribution is 6.00. The number of rotatable bonds is 4. The van der Waals surface area contributed by atoms with Crippen LogP contribution in [0.3, 0.4) is 0 Å². The van der Waals surface area contributed by atoms with Crippen molar-refractivity contribution in [3.8, 4) is 0 Å². The fourth-order valence-corrected chi connectivity index (χ4v) is 6.21. The van der Waals surface area contributed by atoms with Gasteiger partial charge in [0.25, 0.3) is 0 Å². The Morgan fingerprint density at radius 3 is 0.875 bits per heavy atom. The van der Waals surface area contributed by atoms with Crippen molar-refractivity contribution in [2.45, 2.75) is 41.5 Å². The van der Waals surface area contributed by atoms with E-state index in [1.807, 2.05) is 63.4 Å². The van der Waals surface area contributed by atoms with Crippen LogP contribution in [0.15, 0.2) is 98.1 Å². The molecule has 6 aromatic rings. The maximum absolute atomic E-state index is 4.64. The SMILES string of the molecule is Cc1ncc(N2/C(=C3/N(c4cncnc4)c4cc(C)c(C)cc4N3c3cnc(C)nc3)N(c3cncnc3)c3cc(C)c(C)cc32)cn1. The van der Waals surface area contributed by atoms with Crippen molar-refractivity contribution in [3.63, 3.8) is 0 Å². The zero-order chi connectivity index (χ0) is 33.1. The van der Waals surface area contributed by atoms with Crippen molar-refractivity contribution in [2.24, 2.45) is 0 Å². The molecule has 0 amide bonds. The molecular weight excluding hydrogens is 600 g/mol. The third-order valence-electron chi connectivity index (χ3n) is 8.85. The molecule has 0 aliphatic carbocycles. The monoisotopic (exact) mass is 632 g/mol. The van der Waals surface area contributed by atoms with E-state index < -0.39 is 0 Å². The molecule has 6 heterocycles. The van der Waals surface area contributed by atoms with Crippen molar-refractivity contribution >= 4 is 45.5 Å². The minimum Gasteiger partial charge on any atom is -0.288 e. The number of hydrogen-bond donors (Lipinski definition) is 0. The van der Waals surface area contributed by atoms with Crippen molar-refractivity contribution in [1.29, 1.82) is 0 Å². The summed E-state index contributed by atoms with van der Waals surface area (Å²) in [7, 11) is 0. The third-order valence-corrected chi connectivity index (χ3v) is 8.85. The lowest BCUT2D eigenvalue weighted by atomic mass is 10.1. The molecule has 0 saturated heterocycles. The zero-order valence-corrected chi connectivity index (χ0v) is 27.4. The Kier molecular flexibility index (Phi) is 6.79. The van der Waals surface area contributed by atoms with Gasteiger partial charge in [0, 0.05) is 0 Å². The normalized spacial score (nSPS) is 15.3. The highest BCUT2D eigenvalue weighted by Crippen LogP contribution is 2.57. The maximum atomic E-state index is 4.64. The lowest BCUT2D eigenvalue weighted by molar-refractivity contribution is 0.965. The Morgan fingerprint density at radius 2 is 0.604 bits per heavy atom. The molecule has 12 nitrogen and oxygen atoms in total. The molecule has 48 heavy (non-hydrogen) atoms. The van der Waals surface area contributed by atoms with Crippen LogP contribution < -0.4 is 19.6 Å². The number of hydrogen-bond acceptors (Lipinski definition) is 12. The second-order valence-corrected chi connectivity index (χ2v) is 12.0. The topological polar surface area (TPSA) is 116 Å². The Morgan fingerprint density at radius 1 is 0.354 bits per heavy atom. The van der Waals surface area contributed by atoms with Crippen molar-refractivity contribution < 1.29 is 0 Å². The number of benzene rings is 2. The minimum atomic E-state index is 0.682. The van der Waals surface area contributed by atoms with Gasteiger partial charge >= 0.3 is 0 Å². The first-order chi connectivity index (χ1) is 23.3.